The smallest absolute Gasteiger partial charge is 0.325 e. The van der Waals surface area contributed by atoms with Crippen molar-refractivity contribution in [2.75, 3.05) is 25.0 Å². The van der Waals surface area contributed by atoms with E-state index in [1.165, 1.54) is 0 Å². The van der Waals surface area contributed by atoms with E-state index in [1.54, 1.807) is 43.0 Å². The van der Waals surface area contributed by atoms with Crippen LogP contribution in [0.15, 0.2) is 24.3 Å². The number of hydrogen-bond acceptors (Lipinski definition) is 4. The number of urea groups is 1. The lowest BCUT2D eigenvalue weighted by Gasteiger charge is -2.19. The lowest BCUT2D eigenvalue weighted by atomic mass is 10.1. The zero-order valence-corrected chi connectivity index (χ0v) is 16.2. The van der Waals surface area contributed by atoms with Gasteiger partial charge in [-0.3, -0.25) is 19.3 Å². The van der Waals surface area contributed by atoms with Crippen LogP contribution in [0.1, 0.15) is 44.5 Å². The van der Waals surface area contributed by atoms with Crippen molar-refractivity contribution in [3.8, 4) is 0 Å². The van der Waals surface area contributed by atoms with Crippen molar-refractivity contribution in [3.63, 3.8) is 0 Å². The summed E-state index contributed by atoms with van der Waals surface area (Å²) in [6.07, 6.45) is -0.0243. The molecule has 1 aliphatic heterocycles. The van der Waals surface area contributed by atoms with E-state index in [9.17, 15) is 19.2 Å². The second-order valence-corrected chi connectivity index (χ2v) is 6.87. The lowest BCUT2D eigenvalue weighted by Crippen LogP contribution is -2.40. The monoisotopic (exact) mass is 374 g/mol. The molecule has 1 aliphatic rings. The van der Waals surface area contributed by atoms with Gasteiger partial charge in [-0.2, -0.15) is 0 Å². The Labute approximate surface area is 158 Å². The predicted molar refractivity (Wildman–Crippen MR) is 101 cm³/mol. The van der Waals surface area contributed by atoms with Crippen LogP contribution in [0.3, 0.4) is 0 Å². The Morgan fingerprint density at radius 2 is 1.85 bits per heavy atom. The van der Waals surface area contributed by atoms with Gasteiger partial charge in [-0.05, 0) is 45.9 Å². The van der Waals surface area contributed by atoms with Gasteiger partial charge in [0.05, 0.1) is 0 Å². The summed E-state index contributed by atoms with van der Waals surface area (Å²) >= 11 is 0. The Kier molecular flexibility index (Phi) is 6.20. The Balaban J connectivity index is 1.97. The van der Waals surface area contributed by atoms with Gasteiger partial charge in [-0.25, -0.2) is 4.79 Å². The molecule has 1 aromatic carbocycles. The van der Waals surface area contributed by atoms with Gasteiger partial charge in [0.2, 0.25) is 5.91 Å². The van der Waals surface area contributed by atoms with Crippen molar-refractivity contribution < 1.29 is 19.2 Å². The topological polar surface area (TPSA) is 98.8 Å². The molecule has 0 spiro atoms. The minimum Gasteiger partial charge on any atom is -0.339 e. The van der Waals surface area contributed by atoms with Crippen LogP contribution in [0, 0.1) is 0 Å². The first-order chi connectivity index (χ1) is 12.7. The van der Waals surface area contributed by atoms with E-state index < -0.39 is 11.6 Å². The van der Waals surface area contributed by atoms with Crippen LogP contribution >= 0.6 is 0 Å². The number of carbonyl (C=O) groups is 4. The van der Waals surface area contributed by atoms with Crippen molar-refractivity contribution in [2.24, 2.45) is 0 Å². The maximum atomic E-state index is 12.4. The molecule has 27 heavy (non-hydrogen) atoms. The Hall–Kier alpha value is -2.90. The fraction of sp³-hybridized carbons (Fsp3) is 0.474. The number of hydrogen-bond donors (Lipinski definition) is 2. The Bertz CT molecular complexity index is 756. The zero-order valence-electron chi connectivity index (χ0n) is 16.2. The Morgan fingerprint density at radius 1 is 1.19 bits per heavy atom. The molecule has 2 N–H and O–H groups in total. The molecule has 1 saturated heterocycles. The molecular weight excluding hydrogens is 348 g/mol. The fourth-order valence-corrected chi connectivity index (χ4v) is 2.88. The molecule has 0 aromatic heterocycles. The number of imide groups is 1. The zero-order chi connectivity index (χ0) is 20.2. The molecule has 8 heteroatoms. The first-order valence-electron chi connectivity index (χ1n) is 9.03. The van der Waals surface area contributed by atoms with E-state index in [4.69, 9.17) is 0 Å². The van der Waals surface area contributed by atoms with E-state index in [2.05, 4.69) is 10.6 Å². The molecule has 2 rings (SSSR count). The van der Waals surface area contributed by atoms with E-state index in [1.807, 2.05) is 13.8 Å². The van der Waals surface area contributed by atoms with Crippen LogP contribution in [-0.4, -0.2) is 58.7 Å². The summed E-state index contributed by atoms with van der Waals surface area (Å²) in [7, 11) is 0. The minimum atomic E-state index is -0.952. The minimum absolute atomic E-state index is 0.00199. The molecule has 0 radical (unpaired) electrons. The van der Waals surface area contributed by atoms with Gasteiger partial charge in [0, 0.05) is 37.3 Å². The highest BCUT2D eigenvalue weighted by molar-refractivity contribution is 6.07. The molecule has 8 nitrogen and oxygen atoms in total. The van der Waals surface area contributed by atoms with E-state index >= 15 is 0 Å². The summed E-state index contributed by atoms with van der Waals surface area (Å²) in [6, 6.07) is 6.21. The third-order valence-corrected chi connectivity index (χ3v) is 4.45. The summed E-state index contributed by atoms with van der Waals surface area (Å²) in [5, 5.41) is 5.28. The first kappa shape index (κ1) is 20.4. The van der Waals surface area contributed by atoms with Crippen LogP contribution in [0.25, 0.3) is 0 Å². The van der Waals surface area contributed by atoms with Gasteiger partial charge >= 0.3 is 6.03 Å². The number of anilines is 1. The summed E-state index contributed by atoms with van der Waals surface area (Å²) in [5.41, 5.74) is 0.0371. The summed E-state index contributed by atoms with van der Waals surface area (Å²) in [5.74, 6) is -0.794. The molecule has 1 fully saturated rings. The van der Waals surface area contributed by atoms with Gasteiger partial charge in [0.1, 0.15) is 5.54 Å². The average Bonchev–Trinajstić information content (AvgIpc) is 2.81. The average molecular weight is 374 g/mol. The molecule has 146 valence electrons. The molecule has 0 saturated carbocycles. The van der Waals surface area contributed by atoms with Gasteiger partial charge in [0.25, 0.3) is 11.8 Å². The molecule has 0 unspecified atom stereocenters. The summed E-state index contributed by atoms with van der Waals surface area (Å²) < 4.78 is 0. The number of carbonyl (C=O) groups excluding carboxylic acids is 4. The molecule has 0 aliphatic carbocycles. The molecule has 1 heterocycles. The molecule has 1 aromatic rings. The molecule has 0 atom stereocenters. The second-order valence-electron chi connectivity index (χ2n) is 6.87. The highest BCUT2D eigenvalue weighted by atomic mass is 16.2. The maximum Gasteiger partial charge on any atom is 0.325 e. The maximum absolute atomic E-state index is 12.4. The van der Waals surface area contributed by atoms with Crippen molar-refractivity contribution >= 4 is 29.4 Å². The lowest BCUT2D eigenvalue weighted by molar-refractivity contribution is -0.130. The number of rotatable bonds is 7. The van der Waals surface area contributed by atoms with Gasteiger partial charge < -0.3 is 15.5 Å². The van der Waals surface area contributed by atoms with E-state index in [0.717, 1.165) is 4.90 Å². The second kappa shape index (κ2) is 8.20. The largest absolute Gasteiger partial charge is 0.339 e. The predicted octanol–water partition coefficient (Wildman–Crippen LogP) is 1.83. The van der Waals surface area contributed by atoms with Gasteiger partial charge in [-0.1, -0.05) is 6.07 Å². The van der Waals surface area contributed by atoms with Crippen LogP contribution in [-0.2, 0) is 9.59 Å². The van der Waals surface area contributed by atoms with Crippen LogP contribution in [0.2, 0.25) is 0 Å². The number of nitrogens with one attached hydrogen (secondary N) is 2. The SMILES string of the molecule is CCN(CC)C(=O)c1cccc(NC(=O)CCN2C(=O)NC(C)(C)C2=O)c1. The third kappa shape index (κ3) is 4.64. The van der Waals surface area contributed by atoms with Crippen molar-refractivity contribution in [1.82, 2.24) is 15.1 Å². The van der Waals surface area contributed by atoms with E-state index in [-0.39, 0.29) is 30.7 Å². The first-order valence-corrected chi connectivity index (χ1v) is 9.03. The van der Waals surface area contributed by atoms with Crippen LogP contribution in [0.4, 0.5) is 10.5 Å². The molecule has 5 amide bonds. The van der Waals surface area contributed by atoms with Gasteiger partial charge in [0.15, 0.2) is 0 Å². The van der Waals surface area contributed by atoms with Gasteiger partial charge in [-0.15, -0.1) is 0 Å². The standard InChI is InChI=1S/C19H26N4O4/c1-5-22(6-2)16(25)13-8-7-9-14(12-13)20-15(24)10-11-23-17(26)19(3,4)21-18(23)27/h7-9,12H,5-6,10-11H2,1-4H3,(H,20,24)(H,21,27). The third-order valence-electron chi connectivity index (χ3n) is 4.45. The fourth-order valence-electron chi connectivity index (χ4n) is 2.88. The van der Waals surface area contributed by atoms with Crippen LogP contribution in [0.5, 0.6) is 0 Å². The normalized spacial score (nSPS) is 15.5. The summed E-state index contributed by atoms with van der Waals surface area (Å²) in [6.45, 7) is 8.26. The summed E-state index contributed by atoms with van der Waals surface area (Å²) in [4.78, 5) is 51.3. The number of nitrogens with zero attached hydrogens (tertiary/aromatic N) is 2. The van der Waals surface area contributed by atoms with Crippen molar-refractivity contribution in [3.05, 3.63) is 29.8 Å². The van der Waals surface area contributed by atoms with E-state index in [0.29, 0.717) is 24.3 Å². The highest BCUT2D eigenvalue weighted by Gasteiger charge is 2.43. The molecular formula is C19H26N4O4. The highest BCUT2D eigenvalue weighted by Crippen LogP contribution is 2.17. The van der Waals surface area contributed by atoms with Crippen LogP contribution < -0.4 is 10.6 Å². The number of benzene rings is 1. The molecule has 0 bridgehead atoms. The Morgan fingerprint density at radius 3 is 2.41 bits per heavy atom. The van der Waals surface area contributed by atoms with Crippen molar-refractivity contribution in [1.29, 1.82) is 0 Å². The quantitative estimate of drug-likeness (QED) is 0.711. The number of amides is 5. The van der Waals surface area contributed by atoms with Crippen molar-refractivity contribution in [2.45, 2.75) is 39.7 Å².